The number of ether oxygens (including phenoxy) is 1. The molecule has 2 atom stereocenters. The van der Waals surface area contributed by atoms with Gasteiger partial charge in [-0.15, -0.1) is 0 Å². The van der Waals surface area contributed by atoms with E-state index in [2.05, 4.69) is 21.4 Å². The first-order valence-electron chi connectivity index (χ1n) is 8.03. The highest BCUT2D eigenvalue weighted by Gasteiger charge is 2.43. The zero-order valence-corrected chi connectivity index (χ0v) is 13.6. The zero-order chi connectivity index (χ0) is 17.4. The van der Waals surface area contributed by atoms with Gasteiger partial charge in [0.05, 0.1) is 25.0 Å². The summed E-state index contributed by atoms with van der Waals surface area (Å²) in [7, 11) is 1.64. The molecule has 3 aromatic rings. The predicted molar refractivity (Wildman–Crippen MR) is 93.9 cm³/mol. The molecule has 2 N–H and O–H groups in total. The number of aromatic amines is 1. The highest BCUT2D eigenvalue weighted by atomic mass is 16.5. The Morgan fingerprint density at radius 2 is 2.16 bits per heavy atom. The number of carbonyl (C=O) groups excluding carboxylic acids is 1. The summed E-state index contributed by atoms with van der Waals surface area (Å²) in [5.74, 6) is 0.753. The van der Waals surface area contributed by atoms with Crippen molar-refractivity contribution in [3.63, 3.8) is 0 Å². The molecule has 1 fully saturated rings. The fourth-order valence-electron chi connectivity index (χ4n) is 3.01. The molecule has 4 rings (SSSR count). The number of aromatic nitrogens is 2. The zero-order valence-electron chi connectivity index (χ0n) is 13.6. The molecular weight excluding hydrogens is 316 g/mol. The minimum atomic E-state index is -0.213. The van der Waals surface area contributed by atoms with Crippen LogP contribution in [0.3, 0.4) is 0 Å². The third kappa shape index (κ3) is 2.70. The van der Waals surface area contributed by atoms with E-state index in [4.69, 9.17) is 10.00 Å². The van der Waals surface area contributed by atoms with Crippen molar-refractivity contribution in [2.75, 3.05) is 12.4 Å². The third-order valence-corrected chi connectivity index (χ3v) is 4.48. The molecule has 2 unspecified atom stereocenters. The third-order valence-electron chi connectivity index (χ3n) is 4.48. The molecule has 2 aromatic heterocycles. The fraction of sp³-hybridized carbons (Fsp3) is 0.211. The van der Waals surface area contributed by atoms with E-state index in [9.17, 15) is 4.79 Å². The lowest BCUT2D eigenvalue weighted by molar-refractivity contribution is -0.117. The molecule has 6 nitrogen and oxygen atoms in total. The van der Waals surface area contributed by atoms with Gasteiger partial charge in [0.1, 0.15) is 17.2 Å². The molecule has 0 radical (unpaired) electrons. The average molecular weight is 332 g/mol. The largest absolute Gasteiger partial charge is 0.496 e. The Labute approximate surface area is 144 Å². The Bertz CT molecular complexity index is 1000. The van der Waals surface area contributed by atoms with Crippen LogP contribution in [0.5, 0.6) is 5.75 Å². The van der Waals surface area contributed by atoms with Crippen molar-refractivity contribution < 1.29 is 9.53 Å². The van der Waals surface area contributed by atoms with E-state index in [1.165, 1.54) is 0 Å². The molecular formula is C19H16N4O2. The van der Waals surface area contributed by atoms with Crippen LogP contribution in [0.1, 0.15) is 6.42 Å². The SMILES string of the molecule is COc1ccccc1-c1c[nH]c2nc(NC(=O)C3CC3C#N)ccc12. The number of methoxy groups -OCH3 is 1. The second-order valence-electron chi connectivity index (χ2n) is 6.06. The smallest absolute Gasteiger partial charge is 0.230 e. The van der Waals surface area contributed by atoms with Crippen LogP contribution in [0.2, 0.25) is 0 Å². The molecule has 0 saturated heterocycles. The molecule has 1 saturated carbocycles. The van der Waals surface area contributed by atoms with Crippen LogP contribution in [0.25, 0.3) is 22.2 Å². The molecule has 2 heterocycles. The lowest BCUT2D eigenvalue weighted by Crippen LogP contribution is -2.15. The van der Waals surface area contributed by atoms with E-state index < -0.39 is 0 Å². The number of anilines is 1. The number of para-hydroxylation sites is 1. The Kier molecular flexibility index (Phi) is 3.62. The molecule has 0 spiro atoms. The van der Waals surface area contributed by atoms with Crippen molar-refractivity contribution in [2.45, 2.75) is 6.42 Å². The van der Waals surface area contributed by atoms with Gasteiger partial charge in [-0.3, -0.25) is 4.79 Å². The first kappa shape index (κ1) is 15.2. The van der Waals surface area contributed by atoms with Gasteiger partial charge in [-0.25, -0.2) is 4.98 Å². The number of pyridine rings is 1. The minimum absolute atomic E-state index is 0.144. The van der Waals surface area contributed by atoms with E-state index >= 15 is 0 Å². The van der Waals surface area contributed by atoms with Gasteiger partial charge in [-0.2, -0.15) is 5.26 Å². The second kappa shape index (κ2) is 5.95. The van der Waals surface area contributed by atoms with Gasteiger partial charge in [0.25, 0.3) is 0 Å². The van der Waals surface area contributed by atoms with Gasteiger partial charge >= 0.3 is 0 Å². The quantitative estimate of drug-likeness (QED) is 0.766. The van der Waals surface area contributed by atoms with Crippen molar-refractivity contribution in [2.24, 2.45) is 11.8 Å². The van der Waals surface area contributed by atoms with Gasteiger partial charge in [0.2, 0.25) is 5.91 Å². The molecule has 124 valence electrons. The summed E-state index contributed by atoms with van der Waals surface area (Å²) in [6, 6.07) is 13.6. The number of hydrogen-bond acceptors (Lipinski definition) is 4. The second-order valence-corrected chi connectivity index (χ2v) is 6.06. The summed E-state index contributed by atoms with van der Waals surface area (Å²) in [6.45, 7) is 0. The van der Waals surface area contributed by atoms with Crippen LogP contribution in [-0.2, 0) is 4.79 Å². The van der Waals surface area contributed by atoms with E-state index in [1.54, 1.807) is 13.2 Å². The number of nitrogens with one attached hydrogen (secondary N) is 2. The standard InChI is InChI=1S/C19H16N4O2/c1-25-16-5-3-2-4-12(16)15-10-21-18-13(15)6-7-17(22-18)23-19(24)14-8-11(14)9-20/h2-7,10-11,14H,8H2,1H3,(H2,21,22,23,24). The molecule has 1 amide bonds. The number of hydrogen-bond donors (Lipinski definition) is 2. The number of rotatable bonds is 4. The van der Waals surface area contributed by atoms with Gasteiger partial charge in [0, 0.05) is 22.7 Å². The van der Waals surface area contributed by atoms with E-state index in [0.29, 0.717) is 17.9 Å². The fourth-order valence-corrected chi connectivity index (χ4v) is 3.01. The maximum Gasteiger partial charge on any atom is 0.230 e. The lowest BCUT2D eigenvalue weighted by atomic mass is 10.0. The molecule has 6 heteroatoms. The predicted octanol–water partition coefficient (Wildman–Crippen LogP) is 3.34. The van der Waals surface area contributed by atoms with E-state index in [-0.39, 0.29) is 17.7 Å². The number of nitrogens with zero attached hydrogens (tertiary/aromatic N) is 2. The maximum atomic E-state index is 12.1. The summed E-state index contributed by atoms with van der Waals surface area (Å²) in [6.07, 6.45) is 2.51. The Morgan fingerprint density at radius 3 is 2.92 bits per heavy atom. The number of benzene rings is 1. The van der Waals surface area contributed by atoms with Gasteiger partial charge < -0.3 is 15.0 Å². The number of nitriles is 1. The van der Waals surface area contributed by atoms with Crippen LogP contribution in [-0.4, -0.2) is 23.0 Å². The summed E-state index contributed by atoms with van der Waals surface area (Å²) >= 11 is 0. The van der Waals surface area contributed by atoms with Crippen molar-refractivity contribution >= 4 is 22.8 Å². The Balaban J connectivity index is 1.63. The number of amides is 1. The molecule has 0 bridgehead atoms. The van der Waals surface area contributed by atoms with Crippen molar-refractivity contribution in [1.82, 2.24) is 9.97 Å². The molecule has 0 aliphatic heterocycles. The monoisotopic (exact) mass is 332 g/mol. The molecule has 1 aromatic carbocycles. The number of carbonyl (C=O) groups is 1. The van der Waals surface area contributed by atoms with Crippen LogP contribution in [0, 0.1) is 23.2 Å². The van der Waals surface area contributed by atoms with Crippen molar-refractivity contribution in [3.05, 3.63) is 42.6 Å². The molecule has 1 aliphatic rings. The van der Waals surface area contributed by atoms with Crippen LogP contribution < -0.4 is 10.1 Å². The molecule has 1 aliphatic carbocycles. The van der Waals surface area contributed by atoms with Gasteiger partial charge in [-0.1, -0.05) is 18.2 Å². The highest BCUT2D eigenvalue weighted by molar-refractivity contribution is 5.98. The molecule has 25 heavy (non-hydrogen) atoms. The first-order chi connectivity index (χ1) is 12.2. The summed E-state index contributed by atoms with van der Waals surface area (Å²) in [5.41, 5.74) is 2.65. The summed E-state index contributed by atoms with van der Waals surface area (Å²) in [4.78, 5) is 19.7. The number of H-pyrrole nitrogens is 1. The highest BCUT2D eigenvalue weighted by Crippen LogP contribution is 2.39. The lowest BCUT2D eigenvalue weighted by Gasteiger charge is -2.07. The normalized spacial score (nSPS) is 18.6. The van der Waals surface area contributed by atoms with Crippen molar-refractivity contribution in [3.8, 4) is 22.9 Å². The topological polar surface area (TPSA) is 90.8 Å². The maximum absolute atomic E-state index is 12.1. The Hall–Kier alpha value is -3.33. The van der Waals surface area contributed by atoms with Gasteiger partial charge in [0.15, 0.2) is 0 Å². The van der Waals surface area contributed by atoms with Crippen LogP contribution in [0.15, 0.2) is 42.6 Å². The van der Waals surface area contributed by atoms with E-state index in [0.717, 1.165) is 22.3 Å². The summed E-state index contributed by atoms with van der Waals surface area (Å²) in [5, 5.41) is 12.6. The summed E-state index contributed by atoms with van der Waals surface area (Å²) < 4.78 is 5.43. The number of fused-ring (bicyclic) bond motifs is 1. The van der Waals surface area contributed by atoms with Crippen LogP contribution in [0.4, 0.5) is 5.82 Å². The first-order valence-corrected chi connectivity index (χ1v) is 8.03. The van der Waals surface area contributed by atoms with Gasteiger partial charge in [-0.05, 0) is 24.6 Å². The van der Waals surface area contributed by atoms with Crippen LogP contribution >= 0.6 is 0 Å². The average Bonchev–Trinajstić information content (AvgIpc) is 3.33. The van der Waals surface area contributed by atoms with E-state index in [1.807, 2.05) is 36.5 Å². The minimum Gasteiger partial charge on any atom is -0.496 e. The Morgan fingerprint density at radius 1 is 1.32 bits per heavy atom. The van der Waals surface area contributed by atoms with Crippen molar-refractivity contribution in [1.29, 1.82) is 5.26 Å².